The van der Waals surface area contributed by atoms with E-state index in [-0.39, 0.29) is 0 Å². The first kappa shape index (κ1) is 11.9. The van der Waals surface area contributed by atoms with E-state index >= 15 is 0 Å². The molecule has 1 aromatic carbocycles. The molecule has 0 saturated carbocycles. The van der Waals surface area contributed by atoms with Crippen LogP contribution in [0, 0.1) is 0 Å². The van der Waals surface area contributed by atoms with Gasteiger partial charge in [-0.15, -0.1) is 0 Å². The van der Waals surface area contributed by atoms with Gasteiger partial charge < -0.3 is 5.11 Å². The first-order valence-corrected chi connectivity index (χ1v) is 6.29. The first-order valence-electron chi connectivity index (χ1n) is 4.76. The number of hydrogen-bond donors (Lipinski definition) is 1. The van der Waals surface area contributed by atoms with Crippen LogP contribution in [0.25, 0.3) is 0 Å². The Hall–Kier alpha value is -0.180. The van der Waals surface area contributed by atoms with Crippen molar-refractivity contribution in [2.45, 2.75) is 19.4 Å². The van der Waals surface area contributed by atoms with Crippen LogP contribution < -0.4 is 0 Å². The highest BCUT2D eigenvalue weighted by atomic mass is 35.5. The third kappa shape index (κ3) is 3.52. The van der Waals surface area contributed by atoms with Gasteiger partial charge in [0.15, 0.2) is 0 Å². The molecule has 0 saturated heterocycles. The minimum atomic E-state index is -0.428. The quantitative estimate of drug-likeness (QED) is 0.782. The summed E-state index contributed by atoms with van der Waals surface area (Å²) >= 11 is 7.80. The van der Waals surface area contributed by atoms with Crippen LogP contribution in [-0.4, -0.2) is 16.6 Å². The summed E-state index contributed by atoms with van der Waals surface area (Å²) in [5.41, 5.74) is 0.839. The standard InChI is InChI=1S/C11H15ClOS/c1-2-14-8-7-11(13)9-5-3-4-6-10(9)12/h3-6,11,13H,2,7-8H2,1H3. The fourth-order valence-electron chi connectivity index (χ4n) is 1.24. The fourth-order valence-corrected chi connectivity index (χ4v) is 2.18. The van der Waals surface area contributed by atoms with Gasteiger partial charge >= 0.3 is 0 Å². The van der Waals surface area contributed by atoms with E-state index in [1.165, 1.54) is 0 Å². The number of rotatable bonds is 5. The zero-order valence-electron chi connectivity index (χ0n) is 8.24. The summed E-state index contributed by atoms with van der Waals surface area (Å²) < 4.78 is 0. The van der Waals surface area contributed by atoms with Gasteiger partial charge in [0.1, 0.15) is 0 Å². The maximum atomic E-state index is 9.83. The highest BCUT2D eigenvalue weighted by Crippen LogP contribution is 2.25. The van der Waals surface area contributed by atoms with Crippen LogP contribution in [0.15, 0.2) is 24.3 Å². The lowest BCUT2D eigenvalue weighted by Gasteiger charge is -2.11. The predicted octanol–water partition coefficient (Wildman–Crippen LogP) is 3.52. The Morgan fingerprint density at radius 1 is 1.43 bits per heavy atom. The van der Waals surface area contributed by atoms with Gasteiger partial charge in [0.2, 0.25) is 0 Å². The van der Waals surface area contributed by atoms with Gasteiger partial charge in [0.25, 0.3) is 0 Å². The second-order valence-corrected chi connectivity index (χ2v) is 4.82. The highest BCUT2D eigenvalue weighted by Gasteiger charge is 2.09. The van der Waals surface area contributed by atoms with Crippen LogP contribution in [0.2, 0.25) is 5.02 Å². The van der Waals surface area contributed by atoms with E-state index in [1.807, 2.05) is 36.0 Å². The molecule has 1 unspecified atom stereocenters. The van der Waals surface area contributed by atoms with Crippen molar-refractivity contribution in [3.05, 3.63) is 34.9 Å². The Balaban J connectivity index is 2.51. The molecule has 0 bridgehead atoms. The highest BCUT2D eigenvalue weighted by molar-refractivity contribution is 7.99. The van der Waals surface area contributed by atoms with Gasteiger partial charge in [-0.3, -0.25) is 0 Å². The summed E-state index contributed by atoms with van der Waals surface area (Å²) in [7, 11) is 0. The van der Waals surface area contributed by atoms with Gasteiger partial charge in [-0.05, 0) is 29.6 Å². The molecule has 1 aromatic rings. The molecular weight excluding hydrogens is 216 g/mol. The maximum Gasteiger partial charge on any atom is 0.0812 e. The molecule has 1 nitrogen and oxygen atoms in total. The topological polar surface area (TPSA) is 20.2 Å². The van der Waals surface area contributed by atoms with Crippen molar-refractivity contribution >= 4 is 23.4 Å². The van der Waals surface area contributed by atoms with Crippen LogP contribution >= 0.6 is 23.4 Å². The van der Waals surface area contributed by atoms with Gasteiger partial charge in [0, 0.05) is 5.02 Å². The van der Waals surface area contributed by atoms with Crippen molar-refractivity contribution in [3.63, 3.8) is 0 Å². The van der Waals surface area contributed by atoms with Gasteiger partial charge in [-0.1, -0.05) is 36.7 Å². The SMILES string of the molecule is CCSCCC(O)c1ccccc1Cl. The van der Waals surface area contributed by atoms with Crippen LogP contribution in [0.5, 0.6) is 0 Å². The minimum Gasteiger partial charge on any atom is -0.388 e. The average molecular weight is 231 g/mol. The molecule has 0 aliphatic heterocycles. The minimum absolute atomic E-state index is 0.428. The van der Waals surface area contributed by atoms with E-state index in [4.69, 9.17) is 11.6 Å². The van der Waals surface area contributed by atoms with Crippen molar-refractivity contribution in [3.8, 4) is 0 Å². The summed E-state index contributed by atoms with van der Waals surface area (Å²) in [6, 6.07) is 7.47. The van der Waals surface area contributed by atoms with Crippen molar-refractivity contribution < 1.29 is 5.11 Å². The Labute approximate surface area is 94.5 Å². The smallest absolute Gasteiger partial charge is 0.0812 e. The second-order valence-electron chi connectivity index (χ2n) is 3.02. The molecule has 0 amide bonds. The predicted molar refractivity (Wildman–Crippen MR) is 64.0 cm³/mol. The van der Waals surface area contributed by atoms with E-state index < -0.39 is 6.10 Å². The maximum absolute atomic E-state index is 9.83. The normalized spacial score (nSPS) is 12.8. The molecule has 0 aromatic heterocycles. The monoisotopic (exact) mass is 230 g/mol. The van der Waals surface area contributed by atoms with E-state index in [2.05, 4.69) is 6.92 Å². The molecule has 0 aliphatic rings. The number of halogens is 1. The number of benzene rings is 1. The Kier molecular flexibility index (Phi) is 5.38. The van der Waals surface area contributed by atoms with Crippen molar-refractivity contribution in [1.29, 1.82) is 0 Å². The van der Waals surface area contributed by atoms with E-state index in [0.717, 1.165) is 23.5 Å². The van der Waals surface area contributed by atoms with Crippen molar-refractivity contribution in [2.24, 2.45) is 0 Å². The lowest BCUT2D eigenvalue weighted by atomic mass is 10.1. The lowest BCUT2D eigenvalue weighted by Crippen LogP contribution is -1.99. The first-order chi connectivity index (χ1) is 6.75. The van der Waals surface area contributed by atoms with E-state index in [9.17, 15) is 5.11 Å². The Bertz CT molecular complexity index is 278. The summed E-state index contributed by atoms with van der Waals surface area (Å²) in [5, 5.41) is 10.5. The molecular formula is C11H15ClOS. The summed E-state index contributed by atoms with van der Waals surface area (Å²) in [5.74, 6) is 2.07. The lowest BCUT2D eigenvalue weighted by molar-refractivity contribution is 0.175. The largest absolute Gasteiger partial charge is 0.388 e. The third-order valence-corrected chi connectivity index (χ3v) is 3.28. The molecule has 78 valence electrons. The van der Waals surface area contributed by atoms with Crippen LogP contribution in [-0.2, 0) is 0 Å². The summed E-state index contributed by atoms with van der Waals surface area (Å²) in [6.45, 7) is 2.12. The summed E-state index contributed by atoms with van der Waals surface area (Å²) in [4.78, 5) is 0. The number of thioether (sulfide) groups is 1. The van der Waals surface area contributed by atoms with E-state index in [1.54, 1.807) is 0 Å². The zero-order valence-corrected chi connectivity index (χ0v) is 9.81. The molecule has 14 heavy (non-hydrogen) atoms. The van der Waals surface area contributed by atoms with E-state index in [0.29, 0.717) is 5.02 Å². The average Bonchev–Trinajstić information content (AvgIpc) is 2.18. The van der Waals surface area contributed by atoms with Crippen LogP contribution in [0.3, 0.4) is 0 Å². The molecule has 0 aliphatic carbocycles. The molecule has 1 N–H and O–H groups in total. The molecule has 0 fully saturated rings. The molecule has 0 spiro atoms. The molecule has 0 radical (unpaired) electrons. The van der Waals surface area contributed by atoms with Crippen molar-refractivity contribution in [2.75, 3.05) is 11.5 Å². The van der Waals surface area contributed by atoms with Crippen LogP contribution in [0.4, 0.5) is 0 Å². The number of aliphatic hydroxyl groups excluding tert-OH is 1. The Morgan fingerprint density at radius 3 is 2.79 bits per heavy atom. The molecule has 1 atom stereocenters. The number of hydrogen-bond acceptors (Lipinski definition) is 2. The van der Waals surface area contributed by atoms with Crippen LogP contribution in [0.1, 0.15) is 25.0 Å². The second kappa shape index (κ2) is 6.33. The molecule has 0 heterocycles. The Morgan fingerprint density at radius 2 is 2.14 bits per heavy atom. The molecule has 3 heteroatoms. The fraction of sp³-hybridized carbons (Fsp3) is 0.455. The third-order valence-electron chi connectivity index (χ3n) is 2.00. The number of aliphatic hydroxyl groups is 1. The zero-order chi connectivity index (χ0) is 10.4. The van der Waals surface area contributed by atoms with Gasteiger partial charge in [-0.25, -0.2) is 0 Å². The molecule has 1 rings (SSSR count). The van der Waals surface area contributed by atoms with Crippen molar-refractivity contribution in [1.82, 2.24) is 0 Å². The van der Waals surface area contributed by atoms with Gasteiger partial charge in [-0.2, -0.15) is 11.8 Å². The van der Waals surface area contributed by atoms with Gasteiger partial charge in [0.05, 0.1) is 6.10 Å². The summed E-state index contributed by atoms with van der Waals surface area (Å²) in [6.07, 6.45) is 0.338.